The lowest BCUT2D eigenvalue weighted by molar-refractivity contribution is -0.177. The van der Waals surface area contributed by atoms with Crippen molar-refractivity contribution in [2.75, 3.05) is 73.9 Å². The molecule has 0 radical (unpaired) electrons. The summed E-state index contributed by atoms with van der Waals surface area (Å²) in [5.41, 5.74) is 4.05. The number of amides is 3. The quantitative estimate of drug-likeness (QED) is 0.157. The highest BCUT2D eigenvalue weighted by molar-refractivity contribution is 5.97. The molecular weight excluding hydrogens is 771 g/mol. The van der Waals surface area contributed by atoms with E-state index in [1.165, 1.54) is 6.42 Å². The number of anilines is 1. The van der Waals surface area contributed by atoms with Crippen LogP contribution in [0.2, 0.25) is 0 Å². The number of aliphatic hydroxyl groups excluding tert-OH is 1. The highest BCUT2D eigenvalue weighted by Gasteiger charge is 2.57. The molecule has 61 heavy (non-hydrogen) atoms. The number of aliphatic hydroxyl groups is 1. The predicted molar refractivity (Wildman–Crippen MR) is 243 cm³/mol. The van der Waals surface area contributed by atoms with Crippen molar-refractivity contribution in [1.82, 2.24) is 30.8 Å². The first-order chi connectivity index (χ1) is 28.5. The Bertz CT molecular complexity index is 1840. The zero-order chi connectivity index (χ0) is 45.1. The van der Waals surface area contributed by atoms with E-state index < -0.39 is 24.2 Å². The smallest absolute Gasteiger partial charge is 0.251 e. The molecule has 1 heterocycles. The molecule has 0 unspecified atom stereocenters. The lowest BCUT2D eigenvalue weighted by Gasteiger charge is -2.62. The Balaban J connectivity index is 1.48. The van der Waals surface area contributed by atoms with Crippen molar-refractivity contribution in [3.05, 3.63) is 47.5 Å². The van der Waals surface area contributed by atoms with Crippen molar-refractivity contribution in [3.8, 4) is 16.9 Å². The van der Waals surface area contributed by atoms with Gasteiger partial charge in [-0.25, -0.2) is 0 Å². The summed E-state index contributed by atoms with van der Waals surface area (Å²) in [5, 5.41) is 22.8. The Labute approximate surface area is 366 Å². The standard InChI is InChI=1S/C48H77N7O6/c1-29-38-23-34(48(38,6)7)24-39(29)51-46(59)43-42(30(2)56)40(26-49-41(57)18-19-52(8)9)61-55(43)27-31-16-15-17-37(44(31)60-14)32-20-33(22-36(21-32)54(12)13)45(58)50-35(28-53(10)11)25-47(3,4)5/h15-17,20-22,29-30,34-35,38-40,42-43,56H,18-19,23-28H2,1-14H3,(H,49,57)(H,50,58)(H,51,59)/t29-,30-,34-,35-,38+,39-,40-,42+,43-/m0/s1. The summed E-state index contributed by atoms with van der Waals surface area (Å²) in [6.07, 6.45) is 1.69. The van der Waals surface area contributed by atoms with Crippen molar-refractivity contribution < 1.29 is 29.1 Å². The summed E-state index contributed by atoms with van der Waals surface area (Å²) in [6, 6.07) is 10.9. The van der Waals surface area contributed by atoms with Crippen molar-refractivity contribution in [3.63, 3.8) is 0 Å². The normalized spacial score (nSPS) is 25.8. The van der Waals surface area contributed by atoms with Gasteiger partial charge in [0.25, 0.3) is 5.91 Å². The number of carbonyl (C=O) groups is 3. The molecule has 9 atom stereocenters. The number of ether oxygens (including phenoxy) is 1. The summed E-state index contributed by atoms with van der Waals surface area (Å²) < 4.78 is 6.19. The van der Waals surface area contributed by atoms with E-state index in [2.05, 4.69) is 62.4 Å². The Hall–Kier alpha value is -3.75. The van der Waals surface area contributed by atoms with Gasteiger partial charge in [0.15, 0.2) is 0 Å². The third kappa shape index (κ3) is 11.6. The minimum Gasteiger partial charge on any atom is -0.496 e. The van der Waals surface area contributed by atoms with E-state index in [0.29, 0.717) is 42.0 Å². The minimum atomic E-state index is -0.909. The first-order valence-electron chi connectivity index (χ1n) is 22.3. The molecule has 13 heteroatoms. The number of para-hydroxylation sites is 1. The van der Waals surface area contributed by atoms with Gasteiger partial charge >= 0.3 is 0 Å². The van der Waals surface area contributed by atoms with Gasteiger partial charge in [0.05, 0.1) is 19.8 Å². The summed E-state index contributed by atoms with van der Waals surface area (Å²) in [6.45, 7) is 16.8. The fourth-order valence-corrected chi connectivity index (χ4v) is 10.2. The van der Waals surface area contributed by atoms with Crippen molar-refractivity contribution in [1.29, 1.82) is 0 Å². The number of hydrogen-bond acceptors (Lipinski definition) is 10. The Morgan fingerprint density at radius 1 is 1.03 bits per heavy atom. The van der Waals surface area contributed by atoms with E-state index in [0.717, 1.165) is 41.8 Å². The number of hydrogen-bond donors (Lipinski definition) is 4. The fraction of sp³-hybridized carbons (Fsp3) is 0.688. The molecule has 4 N–H and O–H groups in total. The van der Waals surface area contributed by atoms with Crippen LogP contribution in [0, 0.1) is 34.5 Å². The zero-order valence-electron chi connectivity index (χ0n) is 39.6. The Kier molecular flexibility index (Phi) is 15.6. The van der Waals surface area contributed by atoms with E-state index in [1.807, 2.05) is 88.5 Å². The number of rotatable bonds is 18. The van der Waals surface area contributed by atoms with Crippen LogP contribution >= 0.6 is 0 Å². The number of benzene rings is 2. The lowest BCUT2D eigenvalue weighted by Crippen LogP contribution is -2.62. The lowest BCUT2D eigenvalue weighted by atomic mass is 9.45. The second-order valence-electron chi connectivity index (χ2n) is 20.8. The van der Waals surface area contributed by atoms with Crippen LogP contribution < -0.4 is 25.6 Å². The van der Waals surface area contributed by atoms with Crippen molar-refractivity contribution in [2.45, 2.75) is 111 Å². The van der Waals surface area contributed by atoms with E-state index in [9.17, 15) is 19.5 Å². The molecule has 3 saturated carbocycles. The van der Waals surface area contributed by atoms with Gasteiger partial charge in [0.1, 0.15) is 17.9 Å². The van der Waals surface area contributed by atoms with Crippen LogP contribution in [0.1, 0.15) is 90.1 Å². The molecule has 2 bridgehead atoms. The molecule has 1 saturated heterocycles. The monoisotopic (exact) mass is 848 g/mol. The maximum absolute atomic E-state index is 14.7. The molecule has 6 rings (SSSR count). The van der Waals surface area contributed by atoms with Gasteiger partial charge in [0, 0.05) is 80.5 Å². The maximum atomic E-state index is 14.7. The molecule has 3 aliphatic carbocycles. The second kappa shape index (κ2) is 19.7. The highest BCUT2D eigenvalue weighted by atomic mass is 16.7. The second-order valence-corrected chi connectivity index (χ2v) is 20.8. The van der Waals surface area contributed by atoms with Crippen molar-refractivity contribution in [2.24, 2.45) is 34.5 Å². The summed E-state index contributed by atoms with van der Waals surface area (Å²) in [7, 11) is 13.4. The number of carbonyl (C=O) groups excluding carboxylic acids is 3. The summed E-state index contributed by atoms with van der Waals surface area (Å²) in [4.78, 5) is 54.3. The Morgan fingerprint density at radius 3 is 2.31 bits per heavy atom. The average Bonchev–Trinajstić information content (AvgIpc) is 3.53. The summed E-state index contributed by atoms with van der Waals surface area (Å²) in [5.74, 6) is 0.917. The van der Waals surface area contributed by atoms with E-state index in [4.69, 9.17) is 9.57 Å². The predicted octanol–water partition coefficient (Wildman–Crippen LogP) is 5.26. The molecule has 0 spiro atoms. The SMILES string of the molecule is COc1c(CN2O[C@@H](CNC(=O)CCN(C)C)[C@@H]([C@H](C)O)[C@H]2C(=O)N[C@H]2C[C@@H]3C[C@H]([C@@H]2C)C3(C)C)cccc1-c1cc(C(=O)N[C@H](CN(C)C)CC(C)(C)C)cc(N(C)C)c1. The third-order valence-electron chi connectivity index (χ3n) is 13.6. The largest absolute Gasteiger partial charge is 0.496 e. The summed E-state index contributed by atoms with van der Waals surface area (Å²) >= 11 is 0. The molecule has 1 aliphatic heterocycles. The zero-order valence-corrected chi connectivity index (χ0v) is 39.6. The van der Waals surface area contributed by atoms with Gasteiger partial charge in [-0.3, -0.25) is 19.2 Å². The fourth-order valence-electron chi connectivity index (χ4n) is 10.2. The van der Waals surface area contributed by atoms with Crippen LogP contribution in [0.3, 0.4) is 0 Å². The maximum Gasteiger partial charge on any atom is 0.251 e. The van der Waals surface area contributed by atoms with Gasteiger partial charge in [0.2, 0.25) is 11.8 Å². The van der Waals surface area contributed by atoms with Crippen LogP contribution in [-0.2, 0) is 21.0 Å². The Morgan fingerprint density at radius 2 is 1.74 bits per heavy atom. The molecule has 13 nitrogen and oxygen atoms in total. The van der Waals surface area contributed by atoms with Gasteiger partial charge in [-0.2, -0.15) is 5.06 Å². The van der Waals surface area contributed by atoms with Gasteiger partial charge in [-0.1, -0.05) is 59.7 Å². The molecule has 340 valence electrons. The highest BCUT2D eigenvalue weighted by Crippen LogP contribution is 2.61. The van der Waals surface area contributed by atoms with Crippen LogP contribution in [0.15, 0.2) is 36.4 Å². The molecule has 3 amide bonds. The number of likely N-dealkylation sites (N-methyl/N-ethyl adjacent to an activating group) is 1. The third-order valence-corrected chi connectivity index (χ3v) is 13.6. The number of nitrogens with zero attached hydrogens (tertiary/aromatic N) is 4. The van der Waals surface area contributed by atoms with Gasteiger partial charge in [-0.15, -0.1) is 0 Å². The van der Waals surface area contributed by atoms with Crippen LogP contribution in [-0.4, -0.2) is 137 Å². The molecule has 2 aromatic rings. The molecule has 0 aromatic heterocycles. The van der Waals surface area contributed by atoms with Crippen LogP contribution in [0.25, 0.3) is 11.1 Å². The minimum absolute atomic E-state index is 0.0189. The number of hydroxylamine groups is 2. The first kappa shape index (κ1) is 48.3. The van der Waals surface area contributed by atoms with Crippen molar-refractivity contribution >= 4 is 23.4 Å². The molecule has 4 fully saturated rings. The van der Waals surface area contributed by atoms with Gasteiger partial charge in [-0.05, 0) is 107 Å². The van der Waals surface area contributed by atoms with Crippen LogP contribution in [0.4, 0.5) is 5.69 Å². The number of fused-ring (bicyclic) bond motifs is 2. The number of nitrogens with one attached hydrogen (secondary N) is 3. The van der Waals surface area contributed by atoms with Crippen LogP contribution in [0.5, 0.6) is 5.75 Å². The molecule has 2 aromatic carbocycles. The topological polar surface area (TPSA) is 139 Å². The van der Waals surface area contributed by atoms with E-state index >= 15 is 0 Å². The first-order valence-corrected chi connectivity index (χ1v) is 22.3. The molecular formula is C48H77N7O6. The van der Waals surface area contributed by atoms with E-state index in [1.54, 1.807) is 19.1 Å². The number of methoxy groups -OCH3 is 1. The van der Waals surface area contributed by atoms with Gasteiger partial charge < -0.3 is 40.5 Å². The molecule has 4 aliphatic rings. The van der Waals surface area contributed by atoms with E-state index in [-0.39, 0.29) is 53.7 Å². The average molecular weight is 848 g/mol.